The Morgan fingerprint density at radius 2 is 1.57 bits per heavy atom. The SMILES string of the molecule is CCNC(=O)C(Cc1ccccc1)N(Cc1ccccc1F)C(=O)CN(c1ccccc1C)S(C)(=O)=O. The first-order valence-corrected chi connectivity index (χ1v) is 13.8. The van der Waals surface area contributed by atoms with Crippen LogP contribution < -0.4 is 9.62 Å². The highest BCUT2D eigenvalue weighted by atomic mass is 32.2. The van der Waals surface area contributed by atoms with Gasteiger partial charge in [0, 0.05) is 25.1 Å². The van der Waals surface area contributed by atoms with Gasteiger partial charge in [0.25, 0.3) is 0 Å². The minimum absolute atomic E-state index is 0.177. The second kappa shape index (κ2) is 12.5. The van der Waals surface area contributed by atoms with E-state index in [9.17, 15) is 22.4 Å². The van der Waals surface area contributed by atoms with Crippen LogP contribution in [0.2, 0.25) is 0 Å². The molecule has 0 aliphatic carbocycles. The number of anilines is 1. The van der Waals surface area contributed by atoms with Gasteiger partial charge in [-0.25, -0.2) is 12.8 Å². The number of sulfonamides is 1. The summed E-state index contributed by atoms with van der Waals surface area (Å²) in [4.78, 5) is 28.4. The fraction of sp³-hybridized carbons (Fsp3) is 0.286. The van der Waals surface area contributed by atoms with Gasteiger partial charge in [0.2, 0.25) is 21.8 Å². The Morgan fingerprint density at radius 3 is 2.19 bits per heavy atom. The summed E-state index contributed by atoms with van der Waals surface area (Å²) < 4.78 is 41.2. The molecule has 3 aromatic carbocycles. The molecular formula is C28H32FN3O4S. The highest BCUT2D eigenvalue weighted by molar-refractivity contribution is 7.92. The van der Waals surface area contributed by atoms with Gasteiger partial charge < -0.3 is 10.2 Å². The van der Waals surface area contributed by atoms with Gasteiger partial charge in [0.1, 0.15) is 18.4 Å². The number of halogens is 1. The molecule has 9 heteroatoms. The van der Waals surface area contributed by atoms with E-state index in [1.165, 1.54) is 11.0 Å². The molecule has 0 radical (unpaired) electrons. The number of amides is 2. The molecule has 7 nitrogen and oxygen atoms in total. The summed E-state index contributed by atoms with van der Waals surface area (Å²) in [6.45, 7) is 3.12. The monoisotopic (exact) mass is 525 g/mol. The first kappa shape index (κ1) is 27.9. The van der Waals surface area contributed by atoms with E-state index >= 15 is 0 Å². The molecule has 37 heavy (non-hydrogen) atoms. The zero-order chi connectivity index (χ0) is 27.0. The first-order chi connectivity index (χ1) is 17.6. The molecule has 0 aliphatic heterocycles. The van der Waals surface area contributed by atoms with Crippen molar-refractivity contribution in [1.82, 2.24) is 10.2 Å². The fourth-order valence-corrected chi connectivity index (χ4v) is 5.00. The summed E-state index contributed by atoms with van der Waals surface area (Å²) in [5, 5.41) is 2.77. The van der Waals surface area contributed by atoms with E-state index in [1.807, 2.05) is 30.3 Å². The summed E-state index contributed by atoms with van der Waals surface area (Å²) in [6.07, 6.45) is 1.20. The van der Waals surface area contributed by atoms with E-state index in [-0.39, 0.29) is 18.5 Å². The van der Waals surface area contributed by atoms with Crippen molar-refractivity contribution in [3.05, 3.63) is 101 Å². The lowest BCUT2D eigenvalue weighted by Crippen LogP contribution is -2.53. The Hall–Kier alpha value is -3.72. The molecule has 0 bridgehead atoms. The number of aryl methyl sites for hydroxylation is 1. The van der Waals surface area contributed by atoms with Crippen LogP contribution in [0.1, 0.15) is 23.6 Å². The van der Waals surface area contributed by atoms with Gasteiger partial charge in [-0.15, -0.1) is 0 Å². The average molecular weight is 526 g/mol. The molecule has 0 saturated carbocycles. The molecule has 0 aliphatic rings. The van der Waals surface area contributed by atoms with Crippen LogP contribution in [0.3, 0.4) is 0 Å². The summed E-state index contributed by atoms with van der Waals surface area (Å²) >= 11 is 0. The van der Waals surface area contributed by atoms with Crippen molar-refractivity contribution in [3.63, 3.8) is 0 Å². The number of nitrogens with zero attached hydrogens (tertiary/aromatic N) is 2. The number of rotatable bonds is 11. The molecule has 1 N–H and O–H groups in total. The van der Waals surface area contributed by atoms with Gasteiger partial charge in [0.05, 0.1) is 11.9 Å². The Bertz CT molecular complexity index is 1330. The first-order valence-electron chi connectivity index (χ1n) is 12.0. The highest BCUT2D eigenvalue weighted by Crippen LogP contribution is 2.23. The number of hydrogen-bond donors (Lipinski definition) is 1. The summed E-state index contributed by atoms with van der Waals surface area (Å²) in [5.74, 6) is -1.55. The molecule has 2 amide bonds. The van der Waals surface area contributed by atoms with Crippen LogP contribution in [0.25, 0.3) is 0 Å². The zero-order valence-corrected chi connectivity index (χ0v) is 22.0. The molecule has 1 atom stereocenters. The number of carbonyl (C=O) groups excluding carboxylic acids is 2. The lowest BCUT2D eigenvalue weighted by molar-refractivity contribution is -0.140. The van der Waals surface area contributed by atoms with Gasteiger partial charge in [0.15, 0.2) is 0 Å². The molecule has 1 unspecified atom stereocenters. The van der Waals surface area contributed by atoms with Gasteiger partial charge in [-0.1, -0.05) is 66.7 Å². The minimum Gasteiger partial charge on any atom is -0.355 e. The maximum absolute atomic E-state index is 14.7. The van der Waals surface area contributed by atoms with E-state index in [1.54, 1.807) is 56.3 Å². The van der Waals surface area contributed by atoms with Crippen molar-refractivity contribution in [1.29, 1.82) is 0 Å². The predicted octanol–water partition coefficient (Wildman–Crippen LogP) is 3.68. The summed E-state index contributed by atoms with van der Waals surface area (Å²) in [7, 11) is -3.85. The highest BCUT2D eigenvalue weighted by Gasteiger charge is 2.33. The second-order valence-corrected chi connectivity index (χ2v) is 10.7. The van der Waals surface area contributed by atoms with Crippen molar-refractivity contribution in [3.8, 4) is 0 Å². The Balaban J connectivity index is 2.06. The standard InChI is InChI=1S/C28H32FN3O4S/c1-4-30-28(34)26(18-22-13-6-5-7-14-22)31(19-23-15-9-10-16-24(23)29)27(33)20-32(37(3,35)36)25-17-11-8-12-21(25)2/h5-17,26H,4,18-20H2,1-3H3,(H,30,34). The number of para-hydroxylation sites is 1. The second-order valence-electron chi connectivity index (χ2n) is 8.77. The number of benzene rings is 3. The van der Waals surface area contributed by atoms with E-state index in [0.717, 1.165) is 16.1 Å². The predicted molar refractivity (Wildman–Crippen MR) is 143 cm³/mol. The van der Waals surface area contributed by atoms with Crippen molar-refractivity contribution in [2.75, 3.05) is 23.7 Å². The molecule has 0 saturated heterocycles. The Labute approximate surface area is 218 Å². The third-order valence-electron chi connectivity index (χ3n) is 5.98. The number of carbonyl (C=O) groups is 2. The molecule has 0 fully saturated rings. The van der Waals surface area contributed by atoms with Crippen LogP contribution in [-0.2, 0) is 32.6 Å². The van der Waals surface area contributed by atoms with E-state index in [0.29, 0.717) is 17.8 Å². The lowest BCUT2D eigenvalue weighted by atomic mass is 10.0. The van der Waals surface area contributed by atoms with Gasteiger partial charge >= 0.3 is 0 Å². The van der Waals surface area contributed by atoms with E-state index in [4.69, 9.17) is 0 Å². The van der Waals surface area contributed by atoms with Crippen LogP contribution in [-0.4, -0.2) is 50.5 Å². The van der Waals surface area contributed by atoms with Crippen molar-refractivity contribution in [2.24, 2.45) is 0 Å². The number of nitrogens with one attached hydrogen (secondary N) is 1. The van der Waals surface area contributed by atoms with Crippen molar-refractivity contribution >= 4 is 27.5 Å². The van der Waals surface area contributed by atoms with Crippen LogP contribution in [0.15, 0.2) is 78.9 Å². The molecule has 0 aromatic heterocycles. The zero-order valence-electron chi connectivity index (χ0n) is 21.2. The molecular weight excluding hydrogens is 493 g/mol. The third-order valence-corrected chi connectivity index (χ3v) is 7.11. The Morgan fingerprint density at radius 1 is 0.946 bits per heavy atom. The normalized spacial score (nSPS) is 12.0. The maximum Gasteiger partial charge on any atom is 0.244 e. The third kappa shape index (κ3) is 7.39. The van der Waals surface area contributed by atoms with Gasteiger partial charge in [-0.05, 0) is 37.1 Å². The fourth-order valence-electron chi connectivity index (χ4n) is 4.09. The van der Waals surface area contributed by atoms with E-state index in [2.05, 4.69) is 5.32 Å². The topological polar surface area (TPSA) is 86.8 Å². The number of likely N-dealkylation sites (N-methyl/N-ethyl adjacent to an activating group) is 1. The van der Waals surface area contributed by atoms with Crippen molar-refractivity contribution < 1.29 is 22.4 Å². The number of hydrogen-bond acceptors (Lipinski definition) is 4. The minimum atomic E-state index is -3.85. The average Bonchev–Trinajstić information content (AvgIpc) is 2.86. The van der Waals surface area contributed by atoms with Crippen LogP contribution in [0.4, 0.5) is 10.1 Å². The van der Waals surface area contributed by atoms with Gasteiger partial charge in [-0.3, -0.25) is 13.9 Å². The Kier molecular flexibility index (Phi) is 9.41. The summed E-state index contributed by atoms with van der Waals surface area (Å²) in [6, 6.07) is 21.1. The largest absolute Gasteiger partial charge is 0.355 e. The van der Waals surface area contributed by atoms with Crippen LogP contribution in [0, 0.1) is 12.7 Å². The van der Waals surface area contributed by atoms with E-state index < -0.39 is 40.2 Å². The maximum atomic E-state index is 14.7. The van der Waals surface area contributed by atoms with Gasteiger partial charge in [-0.2, -0.15) is 0 Å². The quantitative estimate of drug-likeness (QED) is 0.414. The molecule has 196 valence electrons. The molecule has 3 rings (SSSR count). The van der Waals surface area contributed by atoms with Crippen LogP contribution >= 0.6 is 0 Å². The van der Waals surface area contributed by atoms with Crippen LogP contribution in [0.5, 0.6) is 0 Å². The lowest BCUT2D eigenvalue weighted by Gasteiger charge is -2.33. The smallest absolute Gasteiger partial charge is 0.244 e. The summed E-state index contributed by atoms with van der Waals surface area (Å²) in [5.41, 5.74) is 2.07. The molecule has 0 spiro atoms. The molecule has 0 heterocycles. The molecule has 3 aromatic rings. The van der Waals surface area contributed by atoms with Crippen molar-refractivity contribution in [2.45, 2.75) is 32.9 Å².